The minimum atomic E-state index is -0.214. The van der Waals surface area contributed by atoms with Crippen LogP contribution in [0.25, 0.3) is 28.1 Å². The summed E-state index contributed by atoms with van der Waals surface area (Å²) in [7, 11) is 1.96. The second kappa shape index (κ2) is 7.25. The number of amides is 1. The van der Waals surface area contributed by atoms with E-state index < -0.39 is 0 Å². The first-order chi connectivity index (χ1) is 13.2. The molecule has 5 nitrogen and oxygen atoms in total. The molecule has 4 aromatic rings. The SMILES string of the molecule is Cn1cncc1-c1ccc2cnc(NC(=O)/C=C/c3ccccc3)cc2c1. The zero-order valence-corrected chi connectivity index (χ0v) is 14.8. The summed E-state index contributed by atoms with van der Waals surface area (Å²) in [5.74, 6) is 0.306. The van der Waals surface area contributed by atoms with Crippen LogP contribution < -0.4 is 5.32 Å². The van der Waals surface area contributed by atoms with Crippen LogP contribution in [0.1, 0.15) is 5.56 Å². The molecule has 2 aromatic heterocycles. The van der Waals surface area contributed by atoms with Gasteiger partial charge in [-0.1, -0.05) is 42.5 Å². The molecule has 27 heavy (non-hydrogen) atoms. The van der Waals surface area contributed by atoms with Gasteiger partial charge < -0.3 is 9.88 Å². The summed E-state index contributed by atoms with van der Waals surface area (Å²) in [5.41, 5.74) is 3.07. The lowest BCUT2D eigenvalue weighted by Gasteiger charge is -2.07. The van der Waals surface area contributed by atoms with Gasteiger partial charge in [0, 0.05) is 30.3 Å². The van der Waals surface area contributed by atoms with Crippen molar-refractivity contribution < 1.29 is 4.79 Å². The number of nitrogens with one attached hydrogen (secondary N) is 1. The Hall–Kier alpha value is -3.73. The predicted octanol–water partition coefficient (Wildman–Crippen LogP) is 4.29. The van der Waals surface area contributed by atoms with E-state index in [1.165, 1.54) is 6.08 Å². The number of pyridine rings is 1. The van der Waals surface area contributed by atoms with E-state index in [9.17, 15) is 4.79 Å². The maximum absolute atomic E-state index is 12.2. The van der Waals surface area contributed by atoms with E-state index >= 15 is 0 Å². The molecule has 0 aliphatic carbocycles. The van der Waals surface area contributed by atoms with E-state index in [1.54, 1.807) is 18.6 Å². The van der Waals surface area contributed by atoms with Crippen molar-refractivity contribution in [2.75, 3.05) is 5.32 Å². The van der Waals surface area contributed by atoms with Crippen LogP contribution in [0.2, 0.25) is 0 Å². The van der Waals surface area contributed by atoms with Crippen LogP contribution in [0, 0.1) is 0 Å². The van der Waals surface area contributed by atoms with Crippen molar-refractivity contribution in [1.29, 1.82) is 0 Å². The second-order valence-corrected chi connectivity index (χ2v) is 6.25. The zero-order valence-electron chi connectivity index (χ0n) is 14.8. The van der Waals surface area contributed by atoms with Crippen LogP contribution in [0.15, 0.2) is 79.4 Å². The predicted molar refractivity (Wildman–Crippen MR) is 108 cm³/mol. The molecule has 2 aromatic carbocycles. The normalized spacial score (nSPS) is 11.1. The smallest absolute Gasteiger partial charge is 0.249 e. The van der Waals surface area contributed by atoms with E-state index in [2.05, 4.69) is 21.4 Å². The topological polar surface area (TPSA) is 59.8 Å². The number of carbonyl (C=O) groups excluding carboxylic acids is 1. The summed E-state index contributed by atoms with van der Waals surface area (Å²) >= 11 is 0. The minimum absolute atomic E-state index is 0.214. The molecule has 5 heteroatoms. The van der Waals surface area contributed by atoms with Gasteiger partial charge >= 0.3 is 0 Å². The molecule has 0 unspecified atom stereocenters. The van der Waals surface area contributed by atoms with Crippen molar-refractivity contribution in [2.45, 2.75) is 0 Å². The summed E-state index contributed by atoms with van der Waals surface area (Å²) in [6.45, 7) is 0. The highest BCUT2D eigenvalue weighted by atomic mass is 16.1. The van der Waals surface area contributed by atoms with Crippen molar-refractivity contribution in [2.24, 2.45) is 7.05 Å². The van der Waals surface area contributed by atoms with E-state index in [1.807, 2.05) is 66.3 Å². The Morgan fingerprint density at radius 1 is 1.04 bits per heavy atom. The Morgan fingerprint density at radius 3 is 2.67 bits per heavy atom. The van der Waals surface area contributed by atoms with Crippen LogP contribution in [0.4, 0.5) is 5.82 Å². The van der Waals surface area contributed by atoms with Gasteiger partial charge in [-0.05, 0) is 29.2 Å². The number of aryl methyl sites for hydroxylation is 1. The van der Waals surface area contributed by atoms with Gasteiger partial charge in [-0.2, -0.15) is 0 Å². The van der Waals surface area contributed by atoms with Crippen LogP contribution in [0.5, 0.6) is 0 Å². The standard InChI is InChI=1S/C22H18N4O/c1-26-15-23-14-20(26)17-8-9-18-13-24-21(12-19(18)11-17)25-22(27)10-7-16-5-3-2-4-6-16/h2-15H,1H3,(H,24,25,27)/b10-7+. The highest BCUT2D eigenvalue weighted by molar-refractivity contribution is 6.02. The van der Waals surface area contributed by atoms with Crippen LogP contribution >= 0.6 is 0 Å². The lowest BCUT2D eigenvalue weighted by atomic mass is 10.1. The fourth-order valence-electron chi connectivity index (χ4n) is 2.91. The highest BCUT2D eigenvalue weighted by Crippen LogP contribution is 2.25. The third kappa shape index (κ3) is 3.77. The number of anilines is 1. The minimum Gasteiger partial charge on any atom is -0.334 e. The van der Waals surface area contributed by atoms with Gasteiger partial charge in [0.15, 0.2) is 0 Å². The Morgan fingerprint density at radius 2 is 1.89 bits per heavy atom. The molecule has 0 atom stereocenters. The van der Waals surface area contributed by atoms with Gasteiger partial charge in [-0.3, -0.25) is 4.79 Å². The van der Waals surface area contributed by atoms with E-state index in [0.29, 0.717) is 5.82 Å². The van der Waals surface area contributed by atoms with Crippen molar-refractivity contribution in [3.05, 3.63) is 85.0 Å². The molecule has 0 aliphatic heterocycles. The molecule has 1 N–H and O–H groups in total. The summed E-state index contributed by atoms with van der Waals surface area (Å²) in [4.78, 5) is 20.7. The number of fused-ring (bicyclic) bond motifs is 1. The van der Waals surface area contributed by atoms with E-state index in [0.717, 1.165) is 27.6 Å². The van der Waals surface area contributed by atoms with Gasteiger partial charge in [-0.15, -0.1) is 0 Å². The molecule has 0 spiro atoms. The monoisotopic (exact) mass is 354 g/mol. The number of aromatic nitrogens is 3. The molecular weight excluding hydrogens is 336 g/mol. The summed E-state index contributed by atoms with van der Waals surface area (Å²) in [6, 6.07) is 17.7. The van der Waals surface area contributed by atoms with Crippen LogP contribution in [0.3, 0.4) is 0 Å². The zero-order chi connectivity index (χ0) is 18.6. The number of imidazole rings is 1. The summed E-state index contributed by atoms with van der Waals surface area (Å²) < 4.78 is 1.97. The van der Waals surface area contributed by atoms with Gasteiger partial charge in [0.25, 0.3) is 0 Å². The lowest BCUT2D eigenvalue weighted by molar-refractivity contribution is -0.111. The summed E-state index contributed by atoms with van der Waals surface area (Å²) in [6.07, 6.45) is 8.65. The maximum Gasteiger partial charge on any atom is 0.249 e. The molecule has 132 valence electrons. The fourth-order valence-corrected chi connectivity index (χ4v) is 2.91. The molecule has 0 saturated heterocycles. The van der Waals surface area contributed by atoms with Crippen LogP contribution in [-0.2, 0) is 11.8 Å². The third-order valence-electron chi connectivity index (χ3n) is 4.31. The number of hydrogen-bond donors (Lipinski definition) is 1. The van der Waals surface area contributed by atoms with E-state index in [-0.39, 0.29) is 5.91 Å². The van der Waals surface area contributed by atoms with Gasteiger partial charge in [0.1, 0.15) is 5.82 Å². The Balaban J connectivity index is 1.56. The molecular formula is C22H18N4O. The van der Waals surface area contributed by atoms with Crippen molar-refractivity contribution >= 4 is 28.6 Å². The van der Waals surface area contributed by atoms with Gasteiger partial charge in [0.05, 0.1) is 18.2 Å². The van der Waals surface area contributed by atoms with Crippen molar-refractivity contribution in [3.8, 4) is 11.3 Å². The molecule has 0 radical (unpaired) electrons. The average Bonchev–Trinajstić information content (AvgIpc) is 3.12. The molecule has 0 saturated carbocycles. The van der Waals surface area contributed by atoms with Crippen molar-refractivity contribution in [3.63, 3.8) is 0 Å². The molecule has 4 rings (SSSR count). The van der Waals surface area contributed by atoms with E-state index in [4.69, 9.17) is 0 Å². The number of nitrogens with zero attached hydrogens (tertiary/aromatic N) is 3. The molecule has 0 fully saturated rings. The quantitative estimate of drug-likeness (QED) is 0.556. The highest BCUT2D eigenvalue weighted by Gasteiger charge is 2.06. The maximum atomic E-state index is 12.2. The number of hydrogen-bond acceptors (Lipinski definition) is 3. The summed E-state index contributed by atoms with van der Waals surface area (Å²) in [5, 5.41) is 4.83. The first kappa shape index (κ1) is 16.7. The number of benzene rings is 2. The largest absolute Gasteiger partial charge is 0.334 e. The molecule has 2 heterocycles. The second-order valence-electron chi connectivity index (χ2n) is 6.25. The average molecular weight is 354 g/mol. The molecule has 1 amide bonds. The first-order valence-electron chi connectivity index (χ1n) is 8.60. The Bertz CT molecular complexity index is 1130. The van der Waals surface area contributed by atoms with Gasteiger partial charge in [0.2, 0.25) is 5.91 Å². The first-order valence-corrected chi connectivity index (χ1v) is 8.60. The lowest BCUT2D eigenvalue weighted by Crippen LogP contribution is -2.08. The fraction of sp³-hybridized carbons (Fsp3) is 0.0455. The Labute approximate surface area is 157 Å². The molecule has 0 bridgehead atoms. The number of carbonyl (C=O) groups is 1. The van der Waals surface area contributed by atoms with Gasteiger partial charge in [-0.25, -0.2) is 9.97 Å². The molecule has 0 aliphatic rings. The van der Waals surface area contributed by atoms with Crippen molar-refractivity contribution in [1.82, 2.24) is 14.5 Å². The third-order valence-corrected chi connectivity index (χ3v) is 4.31. The number of rotatable bonds is 4. The van der Waals surface area contributed by atoms with Crippen LogP contribution in [-0.4, -0.2) is 20.4 Å². The Kier molecular flexibility index (Phi) is 4.49.